The number of hydrogen-bond acceptors (Lipinski definition) is 6. The number of piperidine rings is 1. The van der Waals surface area contributed by atoms with Crippen LogP contribution in [0, 0.1) is 5.82 Å². The van der Waals surface area contributed by atoms with Gasteiger partial charge in [0.1, 0.15) is 23.4 Å². The summed E-state index contributed by atoms with van der Waals surface area (Å²) in [5, 5.41) is 16.4. The maximum absolute atomic E-state index is 13.7. The van der Waals surface area contributed by atoms with Crippen molar-refractivity contribution in [1.82, 2.24) is 20.1 Å². The number of carboxylic acid groups (broad SMARTS) is 1. The average Bonchev–Trinajstić information content (AvgIpc) is 3.02. The number of halogens is 1. The summed E-state index contributed by atoms with van der Waals surface area (Å²) in [4.78, 5) is 17.8. The molecule has 1 aromatic carbocycles. The van der Waals surface area contributed by atoms with Gasteiger partial charge in [-0.25, -0.2) is 4.39 Å². The van der Waals surface area contributed by atoms with Crippen molar-refractivity contribution in [2.75, 3.05) is 25.9 Å². The van der Waals surface area contributed by atoms with Gasteiger partial charge in [0.05, 0.1) is 7.11 Å². The van der Waals surface area contributed by atoms with E-state index in [2.05, 4.69) is 15.2 Å². The monoisotopic (exact) mass is 349 g/mol. The summed E-state index contributed by atoms with van der Waals surface area (Å²) in [6.45, 7) is 1.06. The molecular weight excluding hydrogens is 329 g/mol. The number of carboxylic acids is 1. The first kappa shape index (κ1) is 17.2. The van der Waals surface area contributed by atoms with Crippen LogP contribution in [0.25, 0.3) is 0 Å². The Bertz CT molecular complexity index is 758. The molecule has 0 aliphatic carbocycles. The summed E-state index contributed by atoms with van der Waals surface area (Å²) in [5.41, 5.74) is 5.85. The highest BCUT2D eigenvalue weighted by molar-refractivity contribution is 5.76. The van der Waals surface area contributed by atoms with Gasteiger partial charge in [-0.05, 0) is 44.1 Å². The van der Waals surface area contributed by atoms with Crippen molar-refractivity contribution in [2.24, 2.45) is 0 Å². The lowest BCUT2D eigenvalue weighted by Gasteiger charge is -2.35. The van der Waals surface area contributed by atoms with E-state index in [0.717, 1.165) is 0 Å². The van der Waals surface area contributed by atoms with Gasteiger partial charge in [-0.3, -0.25) is 14.8 Å². The number of aliphatic carboxylic acids is 1. The Morgan fingerprint density at radius 2 is 2.20 bits per heavy atom. The minimum atomic E-state index is -1.04. The number of carbonyl (C=O) groups is 1. The number of H-pyrrole nitrogens is 1. The molecule has 4 N–H and O–H groups in total. The van der Waals surface area contributed by atoms with Crippen LogP contribution in [0.3, 0.4) is 0 Å². The standard InChI is InChI=1S/C16H20FN5O3/c1-25-12-3-2-10(17)8-11(12)13(15(23)24)22-6-4-9(5-7-22)14-19-16(18)21-20-14/h2-3,8-9,13H,4-7H2,1H3,(H,23,24)(H3,18,19,20,21). The Balaban J connectivity index is 1.79. The van der Waals surface area contributed by atoms with Crippen LogP contribution in [0.2, 0.25) is 0 Å². The molecule has 25 heavy (non-hydrogen) atoms. The lowest BCUT2D eigenvalue weighted by Crippen LogP contribution is -2.40. The summed E-state index contributed by atoms with van der Waals surface area (Å²) >= 11 is 0. The van der Waals surface area contributed by atoms with Crippen molar-refractivity contribution in [3.8, 4) is 5.75 Å². The lowest BCUT2D eigenvalue weighted by molar-refractivity contribution is -0.144. The second-order valence-electron chi connectivity index (χ2n) is 6.02. The number of nitrogens with two attached hydrogens (primary N) is 1. The molecule has 1 fully saturated rings. The summed E-state index contributed by atoms with van der Waals surface area (Å²) in [6.07, 6.45) is 1.41. The van der Waals surface area contributed by atoms with Crippen molar-refractivity contribution >= 4 is 11.9 Å². The molecule has 0 radical (unpaired) electrons. The zero-order valence-corrected chi connectivity index (χ0v) is 13.8. The Kier molecular flexibility index (Phi) is 4.84. The Morgan fingerprint density at radius 1 is 1.48 bits per heavy atom. The van der Waals surface area contributed by atoms with Crippen LogP contribution in [0.1, 0.15) is 36.2 Å². The highest BCUT2D eigenvalue weighted by Crippen LogP contribution is 2.35. The van der Waals surface area contributed by atoms with E-state index in [1.165, 1.54) is 25.3 Å². The largest absolute Gasteiger partial charge is 0.496 e. The number of aromatic nitrogens is 3. The maximum Gasteiger partial charge on any atom is 0.325 e. The van der Waals surface area contributed by atoms with E-state index in [1.807, 2.05) is 4.90 Å². The van der Waals surface area contributed by atoms with Gasteiger partial charge in [0.25, 0.3) is 0 Å². The van der Waals surface area contributed by atoms with Crippen LogP contribution in [0.4, 0.5) is 10.3 Å². The van der Waals surface area contributed by atoms with Gasteiger partial charge in [-0.2, -0.15) is 4.98 Å². The number of anilines is 1. The molecule has 1 atom stereocenters. The molecule has 0 amide bonds. The van der Waals surface area contributed by atoms with Gasteiger partial charge in [-0.15, -0.1) is 5.10 Å². The third kappa shape index (κ3) is 3.55. The highest BCUT2D eigenvalue weighted by atomic mass is 19.1. The molecule has 1 saturated heterocycles. The molecule has 0 saturated carbocycles. The summed E-state index contributed by atoms with van der Waals surface area (Å²) < 4.78 is 18.9. The average molecular weight is 349 g/mol. The van der Waals surface area contributed by atoms with Crippen LogP contribution in [0.15, 0.2) is 18.2 Å². The molecule has 8 nitrogen and oxygen atoms in total. The van der Waals surface area contributed by atoms with Gasteiger partial charge in [0.2, 0.25) is 5.95 Å². The number of nitrogens with zero attached hydrogens (tertiary/aromatic N) is 3. The molecule has 134 valence electrons. The van der Waals surface area contributed by atoms with Gasteiger partial charge < -0.3 is 15.6 Å². The summed E-state index contributed by atoms with van der Waals surface area (Å²) in [5.74, 6) is -0.109. The van der Waals surface area contributed by atoms with Crippen LogP contribution < -0.4 is 10.5 Å². The second kappa shape index (κ2) is 7.06. The van der Waals surface area contributed by atoms with Crippen molar-refractivity contribution in [3.63, 3.8) is 0 Å². The van der Waals surface area contributed by atoms with E-state index in [1.54, 1.807) is 0 Å². The zero-order valence-electron chi connectivity index (χ0n) is 13.8. The molecule has 1 aliphatic heterocycles. The number of nitrogen functional groups attached to an aromatic ring is 1. The topological polar surface area (TPSA) is 117 Å². The van der Waals surface area contributed by atoms with E-state index in [-0.39, 0.29) is 11.9 Å². The highest BCUT2D eigenvalue weighted by Gasteiger charge is 2.34. The molecule has 1 aromatic heterocycles. The number of benzene rings is 1. The number of hydrogen-bond donors (Lipinski definition) is 3. The first-order chi connectivity index (χ1) is 12.0. The minimum Gasteiger partial charge on any atom is -0.496 e. The van der Waals surface area contributed by atoms with E-state index in [0.29, 0.717) is 43.1 Å². The zero-order chi connectivity index (χ0) is 18.0. The second-order valence-corrected chi connectivity index (χ2v) is 6.02. The number of nitrogens with one attached hydrogen (secondary N) is 1. The SMILES string of the molecule is COc1ccc(F)cc1C(C(=O)O)N1CCC(c2nc(N)n[nH]2)CC1. The first-order valence-electron chi connectivity index (χ1n) is 7.97. The number of ether oxygens (including phenoxy) is 1. The van der Waals surface area contributed by atoms with E-state index < -0.39 is 17.8 Å². The fourth-order valence-electron chi connectivity index (χ4n) is 3.31. The third-order valence-electron chi connectivity index (χ3n) is 4.52. The van der Waals surface area contributed by atoms with Crippen LogP contribution >= 0.6 is 0 Å². The maximum atomic E-state index is 13.7. The summed E-state index contributed by atoms with van der Waals surface area (Å²) in [7, 11) is 1.44. The Labute approximate surface area is 143 Å². The smallest absolute Gasteiger partial charge is 0.325 e. The third-order valence-corrected chi connectivity index (χ3v) is 4.52. The summed E-state index contributed by atoms with van der Waals surface area (Å²) in [6, 6.07) is 2.96. The van der Waals surface area contributed by atoms with Gasteiger partial charge in [0, 0.05) is 11.5 Å². The van der Waals surface area contributed by atoms with Crippen LogP contribution in [-0.2, 0) is 4.79 Å². The molecule has 9 heteroatoms. The fraction of sp³-hybridized carbons (Fsp3) is 0.438. The molecule has 1 unspecified atom stereocenters. The van der Waals surface area contributed by atoms with Crippen molar-refractivity contribution in [2.45, 2.75) is 24.8 Å². The van der Waals surface area contributed by atoms with Crippen molar-refractivity contribution in [1.29, 1.82) is 0 Å². The van der Waals surface area contributed by atoms with Crippen molar-refractivity contribution in [3.05, 3.63) is 35.4 Å². The molecule has 0 bridgehead atoms. The molecule has 2 aromatic rings. The minimum absolute atomic E-state index is 0.143. The molecular formula is C16H20FN5O3. The molecule has 1 aliphatic rings. The van der Waals surface area contributed by atoms with Crippen molar-refractivity contribution < 1.29 is 19.0 Å². The Morgan fingerprint density at radius 3 is 2.76 bits per heavy atom. The van der Waals surface area contributed by atoms with Gasteiger partial charge >= 0.3 is 5.97 Å². The number of methoxy groups -OCH3 is 1. The number of aromatic amines is 1. The predicted molar refractivity (Wildman–Crippen MR) is 87.7 cm³/mol. The van der Waals surface area contributed by atoms with E-state index in [4.69, 9.17) is 10.5 Å². The van der Waals surface area contributed by atoms with Crippen LogP contribution in [0.5, 0.6) is 5.75 Å². The van der Waals surface area contributed by atoms with Gasteiger partial charge in [-0.1, -0.05) is 0 Å². The lowest BCUT2D eigenvalue weighted by atomic mass is 9.93. The quantitative estimate of drug-likeness (QED) is 0.749. The number of likely N-dealkylation sites (tertiary alicyclic amines) is 1. The van der Waals surface area contributed by atoms with E-state index in [9.17, 15) is 14.3 Å². The fourth-order valence-corrected chi connectivity index (χ4v) is 3.31. The van der Waals surface area contributed by atoms with E-state index >= 15 is 0 Å². The molecule has 0 spiro atoms. The molecule has 3 rings (SSSR count). The molecule has 2 heterocycles. The Hall–Kier alpha value is -2.68. The normalized spacial score (nSPS) is 17.4. The predicted octanol–water partition coefficient (Wildman–Crippen LogP) is 1.54. The first-order valence-corrected chi connectivity index (χ1v) is 7.97. The van der Waals surface area contributed by atoms with Gasteiger partial charge in [0.15, 0.2) is 0 Å². The number of rotatable bonds is 5. The van der Waals surface area contributed by atoms with Crippen LogP contribution in [-0.4, -0.2) is 51.4 Å².